The molecular weight excluding hydrogens is 249 g/mol. The Labute approximate surface area is 121 Å². The van der Waals surface area contributed by atoms with Gasteiger partial charge in [-0.2, -0.15) is 10.6 Å². The molecule has 1 saturated heterocycles. The summed E-state index contributed by atoms with van der Waals surface area (Å²) in [6.45, 7) is 7.98. The Balaban J connectivity index is 2.01. The lowest BCUT2D eigenvalue weighted by atomic mass is 10.2. The molecule has 1 aliphatic rings. The van der Waals surface area contributed by atoms with Gasteiger partial charge in [0.1, 0.15) is 0 Å². The van der Waals surface area contributed by atoms with Gasteiger partial charge in [0.25, 0.3) is 0 Å². The third-order valence-electron chi connectivity index (χ3n) is 4.74. The van der Waals surface area contributed by atoms with Gasteiger partial charge in [0.05, 0.1) is 0 Å². The molecule has 3 heteroatoms. The van der Waals surface area contributed by atoms with Crippen LogP contribution in [0, 0.1) is 0 Å². The highest BCUT2D eigenvalue weighted by Crippen LogP contribution is 2.26. The Morgan fingerprint density at radius 3 is 2.21 bits per heavy atom. The van der Waals surface area contributed by atoms with E-state index in [2.05, 4.69) is 48.1 Å². The first kappa shape index (κ1) is 15.1. The van der Waals surface area contributed by atoms with E-state index in [9.17, 15) is 0 Å². The molecule has 0 unspecified atom stereocenters. The summed E-state index contributed by atoms with van der Waals surface area (Å²) in [4.78, 5) is 0. The lowest BCUT2D eigenvalue weighted by Gasteiger charge is -2.49. The largest absolute Gasteiger partial charge is 0.642 e. The van der Waals surface area contributed by atoms with E-state index in [-0.39, 0.29) is 0 Å². The number of piperidine rings is 1. The first-order valence-electron chi connectivity index (χ1n) is 7.91. The van der Waals surface area contributed by atoms with Crippen LogP contribution in [0.25, 0.3) is 0 Å². The monoisotopic (exact) mass is 276 g/mol. The summed E-state index contributed by atoms with van der Waals surface area (Å²) in [5.74, 6) is 0. The van der Waals surface area contributed by atoms with Crippen LogP contribution in [0.3, 0.4) is 0 Å². The van der Waals surface area contributed by atoms with Crippen LogP contribution in [0.15, 0.2) is 30.3 Å². The van der Waals surface area contributed by atoms with E-state index in [1.807, 2.05) is 0 Å². The predicted octanol–water partition coefficient (Wildman–Crippen LogP) is 4.17. The molecule has 0 saturated carbocycles. The normalized spacial score (nSPS) is 17.6. The Hall–Kier alpha value is -0.328. The van der Waals surface area contributed by atoms with Crippen LogP contribution in [-0.2, 0) is 10.4 Å². The first-order valence-corrected chi connectivity index (χ1v) is 10.5. The molecule has 2 nitrogen and oxygen atoms in total. The summed E-state index contributed by atoms with van der Waals surface area (Å²) >= 11 is -2.02. The smallest absolute Gasteiger partial charge is 0.399 e. The average Bonchev–Trinajstić information content (AvgIpc) is 2.51. The Bertz CT molecular complexity index is 358. The molecule has 0 bridgehead atoms. The van der Waals surface area contributed by atoms with Crippen molar-refractivity contribution in [3.63, 3.8) is 0 Å². The van der Waals surface area contributed by atoms with Gasteiger partial charge < -0.3 is 7.67 Å². The van der Waals surface area contributed by atoms with Crippen LogP contribution < -0.4 is 0 Å². The summed E-state index contributed by atoms with van der Waals surface area (Å²) in [5, 5.41) is 2.46. The molecule has 1 aromatic carbocycles. The van der Waals surface area contributed by atoms with Crippen molar-refractivity contribution in [3.05, 3.63) is 35.9 Å². The van der Waals surface area contributed by atoms with Crippen LogP contribution >= 0.6 is 0 Å². The first-order chi connectivity index (χ1) is 9.30. The number of benzene rings is 1. The van der Waals surface area contributed by atoms with Gasteiger partial charge in [-0.15, -0.1) is 0 Å². The molecule has 0 amide bonds. The standard InChI is InChI=1S/C7H7O.C5H10N.2C2H5.Al/c8-6-7-4-2-1-3-5-7;1-2-4-6-5-3-1;2*1-2;/h1-5H,6H2;1-5H2;2*1H2,2H3;/q2*-1;;;+1. The van der Waals surface area contributed by atoms with Crippen molar-refractivity contribution in [2.75, 3.05) is 13.1 Å². The second-order valence-corrected chi connectivity index (χ2v) is 10.7. The molecule has 0 aliphatic carbocycles. The van der Waals surface area contributed by atoms with Crippen LogP contribution in [-0.4, -0.2) is 30.6 Å². The predicted molar refractivity (Wildman–Crippen MR) is 83.4 cm³/mol. The van der Waals surface area contributed by atoms with Crippen LogP contribution in [0.5, 0.6) is 0 Å². The second kappa shape index (κ2) is 7.45. The molecule has 2 rings (SSSR count). The fourth-order valence-corrected chi connectivity index (χ4v) is 7.46. The van der Waals surface area contributed by atoms with E-state index in [4.69, 9.17) is 3.79 Å². The zero-order valence-electron chi connectivity index (χ0n) is 12.5. The van der Waals surface area contributed by atoms with E-state index in [0.29, 0.717) is 0 Å². The van der Waals surface area contributed by atoms with Crippen LogP contribution in [0.4, 0.5) is 0 Å². The van der Waals surface area contributed by atoms with Gasteiger partial charge in [-0.25, -0.2) is 0 Å². The highest BCUT2D eigenvalue weighted by atomic mass is 27.3. The minimum Gasteiger partial charge on any atom is -0.642 e. The summed E-state index contributed by atoms with van der Waals surface area (Å²) in [6.07, 6.45) is 4.12. The summed E-state index contributed by atoms with van der Waals surface area (Å²) < 4.78 is 9.28. The lowest BCUT2D eigenvalue weighted by Crippen LogP contribution is -2.56. The number of hydrogen-bond acceptors (Lipinski definition) is 2. The zero-order valence-corrected chi connectivity index (χ0v) is 13.6. The molecule has 0 N–H and O–H groups in total. The Kier molecular flexibility index (Phi) is 5.91. The molecule has 1 heterocycles. The van der Waals surface area contributed by atoms with Gasteiger partial charge in [0, 0.05) is 6.61 Å². The Morgan fingerprint density at radius 2 is 1.63 bits per heavy atom. The maximum Gasteiger partial charge on any atom is 0.399 e. The molecular formula is C16H27AlNO-. The van der Waals surface area contributed by atoms with Crippen molar-refractivity contribution in [3.8, 4) is 0 Å². The lowest BCUT2D eigenvalue weighted by molar-refractivity contribution is 0.206. The molecule has 0 radical (unpaired) electrons. The second-order valence-electron chi connectivity index (χ2n) is 5.80. The fraction of sp³-hybridized carbons (Fsp3) is 0.625. The van der Waals surface area contributed by atoms with Crippen LogP contribution in [0.1, 0.15) is 38.7 Å². The van der Waals surface area contributed by atoms with Gasteiger partial charge in [-0.1, -0.05) is 50.6 Å². The van der Waals surface area contributed by atoms with E-state index in [0.717, 1.165) is 6.61 Å². The highest BCUT2D eigenvalue weighted by Gasteiger charge is 2.36. The molecule has 1 aliphatic heterocycles. The van der Waals surface area contributed by atoms with E-state index in [1.165, 1.54) is 48.5 Å². The maximum atomic E-state index is 6.55. The van der Waals surface area contributed by atoms with Crippen molar-refractivity contribution in [1.82, 2.24) is 3.88 Å². The molecule has 0 atom stereocenters. The van der Waals surface area contributed by atoms with Crippen molar-refractivity contribution in [1.29, 1.82) is 0 Å². The van der Waals surface area contributed by atoms with Crippen molar-refractivity contribution in [2.45, 2.75) is 50.3 Å². The summed E-state index contributed by atoms with van der Waals surface area (Å²) in [7, 11) is 0. The quantitative estimate of drug-likeness (QED) is 0.723. The molecule has 19 heavy (non-hydrogen) atoms. The molecule has 0 aromatic heterocycles. The van der Waals surface area contributed by atoms with Crippen molar-refractivity contribution in [2.24, 2.45) is 0 Å². The highest BCUT2D eigenvalue weighted by molar-refractivity contribution is 6.70. The minimum atomic E-state index is -2.02. The summed E-state index contributed by atoms with van der Waals surface area (Å²) in [5.41, 5.74) is 1.31. The zero-order chi connectivity index (χ0) is 13.6. The molecule has 1 fully saturated rings. The molecule has 1 aromatic rings. The molecule has 106 valence electrons. The van der Waals surface area contributed by atoms with Gasteiger partial charge in [-0.05, 0) is 31.5 Å². The average molecular weight is 276 g/mol. The van der Waals surface area contributed by atoms with Gasteiger partial charge in [0.2, 0.25) is 0 Å². The maximum absolute atomic E-state index is 6.55. The van der Waals surface area contributed by atoms with E-state index >= 15 is 0 Å². The third kappa shape index (κ3) is 3.83. The SMILES string of the molecule is C[CH2][Al-]([CH2]C)([O]Cc1ccccc1)[N]1CCCCC1. The van der Waals surface area contributed by atoms with Gasteiger partial charge in [0.15, 0.2) is 0 Å². The molecule has 0 spiro atoms. The number of rotatable bonds is 6. The van der Waals surface area contributed by atoms with Gasteiger partial charge in [-0.3, -0.25) is 0 Å². The number of nitrogens with zero attached hydrogens (tertiary/aromatic N) is 1. The van der Waals surface area contributed by atoms with Gasteiger partial charge >= 0.3 is 13.6 Å². The fourth-order valence-electron chi connectivity index (χ4n) is 3.36. The summed E-state index contributed by atoms with van der Waals surface area (Å²) in [6, 6.07) is 10.6. The van der Waals surface area contributed by atoms with Crippen molar-refractivity contribution >= 4 is 13.6 Å². The minimum absolute atomic E-state index is 0.795. The number of hydrogen-bond donors (Lipinski definition) is 0. The topological polar surface area (TPSA) is 12.5 Å². The van der Waals surface area contributed by atoms with Crippen LogP contribution in [0.2, 0.25) is 10.6 Å². The third-order valence-corrected chi connectivity index (χ3v) is 9.92. The Morgan fingerprint density at radius 1 is 1.00 bits per heavy atom. The van der Waals surface area contributed by atoms with Crippen molar-refractivity contribution < 1.29 is 3.79 Å². The van der Waals surface area contributed by atoms with E-state index < -0.39 is 13.6 Å². The van der Waals surface area contributed by atoms with E-state index in [1.54, 1.807) is 0 Å².